The van der Waals surface area contributed by atoms with Gasteiger partial charge in [0.2, 0.25) is 0 Å². The Morgan fingerprint density at radius 2 is 0.529 bits per heavy atom. The van der Waals surface area contributed by atoms with Crippen LogP contribution in [-0.4, -0.2) is 44.3 Å². The number of rotatable bonds is 0. The summed E-state index contributed by atoms with van der Waals surface area (Å²) in [6.45, 7) is 4.33. The van der Waals surface area contributed by atoms with Crippen LogP contribution in [0, 0.1) is 0 Å². The van der Waals surface area contributed by atoms with E-state index in [0.717, 1.165) is 27.7 Å². The van der Waals surface area contributed by atoms with Crippen molar-refractivity contribution in [2.45, 2.75) is 27.7 Å². The van der Waals surface area contributed by atoms with Crippen LogP contribution >= 0.6 is 0 Å². The maximum atomic E-state index is 9.00. The molecular formula is C8H16O8Pd. The van der Waals surface area contributed by atoms with Gasteiger partial charge in [-0.1, -0.05) is 0 Å². The Balaban J connectivity index is -0.0000000369. The van der Waals surface area contributed by atoms with E-state index in [-0.39, 0.29) is 20.4 Å². The van der Waals surface area contributed by atoms with Crippen LogP contribution in [0.4, 0.5) is 0 Å². The molecule has 0 rings (SSSR count). The third-order valence-corrected chi connectivity index (χ3v) is 0. The summed E-state index contributed by atoms with van der Waals surface area (Å²) < 4.78 is 0. The molecule has 0 atom stereocenters. The second-order valence-electron chi connectivity index (χ2n) is 2.08. The van der Waals surface area contributed by atoms with Crippen molar-refractivity contribution in [1.29, 1.82) is 0 Å². The van der Waals surface area contributed by atoms with Crippen LogP contribution in [0.3, 0.4) is 0 Å². The van der Waals surface area contributed by atoms with E-state index in [0.29, 0.717) is 0 Å². The molecule has 0 spiro atoms. The molecule has 9 heteroatoms. The molecule has 4 N–H and O–H groups in total. The van der Waals surface area contributed by atoms with Crippen molar-refractivity contribution in [3.05, 3.63) is 0 Å². The van der Waals surface area contributed by atoms with E-state index in [1.807, 2.05) is 0 Å². The standard InChI is InChI=1S/4C2H4O2.Pd/c4*1-2(3)4;/h4*1H3,(H,3,4);. The fourth-order valence-electron chi connectivity index (χ4n) is 0. The zero-order valence-corrected chi connectivity index (χ0v) is 11.3. The Kier molecular flexibility index (Phi) is 41.7. The van der Waals surface area contributed by atoms with E-state index in [4.69, 9.17) is 39.6 Å². The van der Waals surface area contributed by atoms with Gasteiger partial charge in [-0.3, -0.25) is 19.2 Å². The molecule has 0 radical (unpaired) electrons. The van der Waals surface area contributed by atoms with Gasteiger partial charge in [0.1, 0.15) is 0 Å². The van der Waals surface area contributed by atoms with E-state index in [1.165, 1.54) is 0 Å². The minimum absolute atomic E-state index is 0. The van der Waals surface area contributed by atoms with Crippen LogP contribution in [0.15, 0.2) is 0 Å². The van der Waals surface area contributed by atoms with E-state index in [9.17, 15) is 0 Å². The smallest absolute Gasteiger partial charge is 0.300 e. The zero-order valence-electron chi connectivity index (χ0n) is 9.74. The van der Waals surface area contributed by atoms with Gasteiger partial charge in [0, 0.05) is 48.1 Å². The zero-order chi connectivity index (χ0) is 14.3. The first-order valence-electron chi connectivity index (χ1n) is 3.71. The van der Waals surface area contributed by atoms with Crippen molar-refractivity contribution < 1.29 is 60.0 Å². The molecular weight excluding hydrogens is 330 g/mol. The van der Waals surface area contributed by atoms with E-state index in [1.54, 1.807) is 0 Å². The summed E-state index contributed by atoms with van der Waals surface area (Å²) in [5.74, 6) is -3.33. The Bertz CT molecular complexity index is 162. The monoisotopic (exact) mass is 346 g/mol. The largest absolute Gasteiger partial charge is 0.481 e. The second-order valence-corrected chi connectivity index (χ2v) is 2.08. The Morgan fingerprint density at radius 1 is 0.529 bits per heavy atom. The number of aliphatic carboxylic acids is 4. The molecule has 8 nitrogen and oxygen atoms in total. The number of carboxylic acids is 4. The first-order chi connectivity index (χ1) is 6.93. The van der Waals surface area contributed by atoms with Gasteiger partial charge in [0.15, 0.2) is 0 Å². The number of hydrogen-bond acceptors (Lipinski definition) is 4. The molecule has 0 heterocycles. The molecule has 0 saturated carbocycles. The fraction of sp³-hybridized carbons (Fsp3) is 0.500. The third-order valence-electron chi connectivity index (χ3n) is 0. The van der Waals surface area contributed by atoms with Crippen LogP contribution in [0.1, 0.15) is 27.7 Å². The van der Waals surface area contributed by atoms with E-state index < -0.39 is 23.9 Å². The van der Waals surface area contributed by atoms with Gasteiger partial charge in [-0.05, 0) is 0 Å². The maximum absolute atomic E-state index is 9.00. The first-order valence-corrected chi connectivity index (χ1v) is 3.71. The molecule has 0 bridgehead atoms. The van der Waals surface area contributed by atoms with Gasteiger partial charge >= 0.3 is 0 Å². The van der Waals surface area contributed by atoms with Crippen molar-refractivity contribution in [2.75, 3.05) is 0 Å². The first kappa shape index (κ1) is 29.6. The summed E-state index contributed by atoms with van der Waals surface area (Å²) in [5.41, 5.74) is 0. The van der Waals surface area contributed by atoms with Gasteiger partial charge in [-0.25, -0.2) is 0 Å². The summed E-state index contributed by atoms with van der Waals surface area (Å²) in [6, 6.07) is 0. The number of carboxylic acid groups (broad SMARTS) is 4. The summed E-state index contributed by atoms with van der Waals surface area (Å²) in [7, 11) is 0. The Labute approximate surface area is 112 Å². The number of carbonyl (C=O) groups is 4. The molecule has 0 amide bonds. The Hall–Kier alpha value is -1.46. The molecule has 0 aliphatic heterocycles. The molecule has 0 aromatic heterocycles. The quantitative estimate of drug-likeness (QED) is 0.459. The minimum Gasteiger partial charge on any atom is -0.481 e. The molecule has 0 aromatic rings. The van der Waals surface area contributed by atoms with Crippen LogP contribution in [0.2, 0.25) is 0 Å². The summed E-state index contributed by atoms with van der Waals surface area (Å²) in [6.07, 6.45) is 0. The van der Waals surface area contributed by atoms with Crippen LogP contribution in [0.5, 0.6) is 0 Å². The average molecular weight is 347 g/mol. The van der Waals surface area contributed by atoms with Gasteiger partial charge < -0.3 is 20.4 Å². The van der Waals surface area contributed by atoms with Gasteiger partial charge in [-0.2, -0.15) is 0 Å². The van der Waals surface area contributed by atoms with Crippen LogP contribution in [-0.2, 0) is 39.6 Å². The van der Waals surface area contributed by atoms with Crippen molar-refractivity contribution >= 4 is 23.9 Å². The molecule has 0 aromatic carbocycles. The molecule has 0 saturated heterocycles. The Morgan fingerprint density at radius 3 is 0.529 bits per heavy atom. The summed E-state index contributed by atoms with van der Waals surface area (Å²) in [5, 5.41) is 29.7. The second kappa shape index (κ2) is 24.0. The third kappa shape index (κ3) is 1080. The fourth-order valence-corrected chi connectivity index (χ4v) is 0. The van der Waals surface area contributed by atoms with Gasteiger partial charge in [0.05, 0.1) is 0 Å². The minimum atomic E-state index is -0.833. The van der Waals surface area contributed by atoms with Gasteiger partial charge in [-0.15, -0.1) is 0 Å². The number of hydrogen-bond donors (Lipinski definition) is 4. The van der Waals surface area contributed by atoms with Gasteiger partial charge in [0.25, 0.3) is 23.9 Å². The predicted octanol–water partition coefficient (Wildman–Crippen LogP) is 0.361. The molecule has 0 unspecified atom stereocenters. The topological polar surface area (TPSA) is 149 Å². The molecule has 17 heavy (non-hydrogen) atoms. The van der Waals surface area contributed by atoms with E-state index >= 15 is 0 Å². The van der Waals surface area contributed by atoms with Crippen molar-refractivity contribution in [3.8, 4) is 0 Å². The molecule has 0 aliphatic rings. The SMILES string of the molecule is CC(=O)O.CC(=O)O.CC(=O)O.CC(=O)O.[Pd]. The molecule has 106 valence electrons. The van der Waals surface area contributed by atoms with Crippen LogP contribution in [0.25, 0.3) is 0 Å². The predicted molar refractivity (Wildman–Crippen MR) is 53.2 cm³/mol. The van der Waals surface area contributed by atoms with Crippen molar-refractivity contribution in [1.82, 2.24) is 0 Å². The average Bonchev–Trinajstić information content (AvgIpc) is 1.76. The maximum Gasteiger partial charge on any atom is 0.300 e. The summed E-state index contributed by atoms with van der Waals surface area (Å²) >= 11 is 0. The molecule has 0 aliphatic carbocycles. The summed E-state index contributed by atoms with van der Waals surface area (Å²) in [4.78, 5) is 36.0. The molecule has 0 fully saturated rings. The van der Waals surface area contributed by atoms with Crippen LogP contribution < -0.4 is 0 Å². The van der Waals surface area contributed by atoms with Crippen molar-refractivity contribution in [3.63, 3.8) is 0 Å². The normalized spacial score (nSPS) is 5.88. The van der Waals surface area contributed by atoms with Crippen molar-refractivity contribution in [2.24, 2.45) is 0 Å². The van der Waals surface area contributed by atoms with E-state index in [2.05, 4.69) is 0 Å².